The van der Waals surface area contributed by atoms with Crippen LogP contribution in [0.2, 0.25) is 0 Å². The van der Waals surface area contributed by atoms with E-state index in [0.29, 0.717) is 0 Å². The van der Waals surface area contributed by atoms with Crippen LogP contribution in [0.25, 0.3) is 43.8 Å². The van der Waals surface area contributed by atoms with Crippen molar-refractivity contribution < 1.29 is 23.3 Å². The number of hydrogen-bond donors (Lipinski definition) is 0. The summed E-state index contributed by atoms with van der Waals surface area (Å²) in [5.74, 6) is 1.83. The van der Waals surface area contributed by atoms with E-state index < -0.39 is 0 Å². The van der Waals surface area contributed by atoms with Crippen molar-refractivity contribution in [3.8, 4) is 22.3 Å². The SMILES string of the molecule is Cc1ccc(-c2cccc3[cH-]c(CC4CCCC4)cc23)cc1.Cc1ccc(-c2cccc3[cH-]c(CC4CCCC4)cc23)cc1.Cl.Cl.[CH2-]CC.[CH3-].[Si]=[Zr]. The van der Waals surface area contributed by atoms with Crippen molar-refractivity contribution in [2.75, 3.05) is 0 Å². The normalized spacial score (nSPS) is 13.7. The molecule has 6 aromatic carbocycles. The summed E-state index contributed by atoms with van der Waals surface area (Å²) in [5.41, 5.74) is 11.1. The van der Waals surface area contributed by atoms with Crippen molar-refractivity contribution in [3.05, 3.63) is 146 Å². The predicted octanol–water partition coefficient (Wildman–Crippen LogP) is 14.7. The maximum atomic E-state index is 3.49. The molecule has 0 unspecified atom stereocenters. The zero-order valence-corrected chi connectivity index (χ0v) is 36.9. The molecule has 0 bridgehead atoms. The predicted molar refractivity (Wildman–Crippen MR) is 233 cm³/mol. The van der Waals surface area contributed by atoms with Crippen molar-refractivity contribution in [2.24, 2.45) is 11.8 Å². The fourth-order valence-electron chi connectivity index (χ4n) is 7.89. The summed E-state index contributed by atoms with van der Waals surface area (Å²) < 4.78 is 0. The van der Waals surface area contributed by atoms with Gasteiger partial charge < -0.3 is 14.4 Å². The summed E-state index contributed by atoms with van der Waals surface area (Å²) >= 11 is 1.36. The third-order valence-corrected chi connectivity index (χ3v) is 10.3. The van der Waals surface area contributed by atoms with Crippen LogP contribution < -0.4 is 0 Å². The number of benzene rings is 4. The molecule has 8 rings (SSSR count). The average Bonchev–Trinajstić information content (AvgIpc) is 3.95. The fraction of sp³-hybridized carbons (Fsp3) is 0.333. The molecule has 0 heterocycles. The summed E-state index contributed by atoms with van der Waals surface area (Å²) in [6.07, 6.45) is 14.9. The van der Waals surface area contributed by atoms with Crippen molar-refractivity contribution in [1.82, 2.24) is 0 Å². The monoisotopic (exact) mass is 822 g/mol. The van der Waals surface area contributed by atoms with E-state index in [1.54, 1.807) is 0 Å². The number of fused-ring (bicyclic) bond motifs is 2. The Kier molecular flexibility index (Phi) is 20.8. The van der Waals surface area contributed by atoms with Gasteiger partial charge in [0.1, 0.15) is 0 Å². The Labute approximate surface area is 345 Å². The fourth-order valence-corrected chi connectivity index (χ4v) is 7.89. The molecule has 2 saturated carbocycles. The third-order valence-electron chi connectivity index (χ3n) is 10.3. The van der Waals surface area contributed by atoms with Crippen LogP contribution in [0.1, 0.15) is 87.0 Å². The van der Waals surface area contributed by atoms with Crippen LogP contribution in [0.15, 0.2) is 109 Å². The summed E-state index contributed by atoms with van der Waals surface area (Å²) in [5, 5.41) is 5.62. The molecule has 0 aromatic heterocycles. The standard InChI is InChI=1S/2C22H23.C3H7.CH3.2ClH.Si.Zr/c2*1-16-9-11-19(12-10-16)21-8-4-7-20-14-18(15-22(20)21)13-17-5-2-3-6-17;1-3-2;;;;;/h2*4,7-12,14-15,17H,2-3,5-6,13H2,1H3;1,3H2,2H3;1H3;2*1H;;/q4*-1;;;;. The molecule has 0 nitrogen and oxygen atoms in total. The molecule has 4 heteroatoms. The van der Waals surface area contributed by atoms with Crippen LogP contribution in [0, 0.1) is 40.0 Å². The molecule has 6 aromatic rings. The molecule has 2 radical (unpaired) electrons. The van der Waals surface area contributed by atoms with E-state index in [1.165, 1.54) is 154 Å². The van der Waals surface area contributed by atoms with Crippen LogP contribution in [0.5, 0.6) is 0 Å². The Balaban J connectivity index is 0.000000305. The van der Waals surface area contributed by atoms with Crippen LogP contribution in [0.4, 0.5) is 0 Å². The number of rotatable bonds is 6. The second-order valence-corrected chi connectivity index (χ2v) is 14.3. The topological polar surface area (TPSA) is 0 Å². The summed E-state index contributed by atoms with van der Waals surface area (Å²) in [6, 6.07) is 40.9. The van der Waals surface area contributed by atoms with Gasteiger partial charge in [0.05, 0.1) is 0 Å². The van der Waals surface area contributed by atoms with Gasteiger partial charge in [-0.25, -0.2) is 0 Å². The van der Waals surface area contributed by atoms with Crippen LogP contribution in [-0.2, 0) is 36.2 Å². The zero-order chi connectivity index (χ0) is 34.6. The molecule has 0 spiro atoms. The summed E-state index contributed by atoms with van der Waals surface area (Å²) in [4.78, 5) is 0. The molecular formula is C48H58Cl2SiZr-4. The maximum absolute atomic E-state index is 3.49. The first-order valence-corrected chi connectivity index (χ1v) is 22.7. The Hall–Kier alpha value is -2.22. The first-order chi connectivity index (χ1) is 24.0. The first kappa shape index (κ1) is 45.9. The molecule has 2 aliphatic rings. The van der Waals surface area contributed by atoms with Gasteiger partial charge in [-0.2, -0.15) is 18.6 Å². The molecule has 0 amide bonds. The molecule has 52 heavy (non-hydrogen) atoms. The molecule has 2 aliphatic carbocycles. The van der Waals surface area contributed by atoms with Crippen LogP contribution in [-0.4, -0.2) is 6.88 Å². The Morgan fingerprint density at radius 1 is 0.596 bits per heavy atom. The second kappa shape index (κ2) is 23.5. The minimum atomic E-state index is 0. The number of hydrogen-bond acceptors (Lipinski definition) is 0. The van der Waals surface area contributed by atoms with Crippen molar-refractivity contribution >= 4 is 53.2 Å². The molecule has 0 N–H and O–H groups in total. The average molecular weight is 825 g/mol. The number of halogens is 2. The summed E-state index contributed by atoms with van der Waals surface area (Å²) in [6.45, 7) is 12.9. The quantitative estimate of drug-likeness (QED) is 0.116. The van der Waals surface area contributed by atoms with E-state index in [9.17, 15) is 0 Å². The van der Waals surface area contributed by atoms with E-state index in [0.717, 1.165) is 18.3 Å². The molecule has 0 atom stereocenters. The zero-order valence-electron chi connectivity index (χ0n) is 31.8. The minimum absolute atomic E-state index is 0. The van der Waals surface area contributed by atoms with Gasteiger partial charge in [0.25, 0.3) is 0 Å². The van der Waals surface area contributed by atoms with E-state index in [1.807, 2.05) is 6.92 Å². The van der Waals surface area contributed by atoms with E-state index in [-0.39, 0.29) is 32.2 Å². The van der Waals surface area contributed by atoms with Gasteiger partial charge in [-0.3, -0.25) is 0 Å². The molecule has 2 fully saturated rings. The Morgan fingerprint density at radius 3 is 1.25 bits per heavy atom. The van der Waals surface area contributed by atoms with Gasteiger partial charge in [0.15, 0.2) is 0 Å². The van der Waals surface area contributed by atoms with E-state index in [4.69, 9.17) is 0 Å². The summed E-state index contributed by atoms with van der Waals surface area (Å²) in [7, 11) is 0. The Bertz CT molecular complexity index is 1730. The second-order valence-electron chi connectivity index (χ2n) is 14.3. The van der Waals surface area contributed by atoms with Crippen LogP contribution >= 0.6 is 24.8 Å². The molecule has 276 valence electrons. The van der Waals surface area contributed by atoms with E-state index >= 15 is 0 Å². The van der Waals surface area contributed by atoms with Crippen molar-refractivity contribution in [2.45, 2.75) is 91.4 Å². The van der Waals surface area contributed by atoms with Crippen LogP contribution in [0.3, 0.4) is 0 Å². The van der Waals surface area contributed by atoms with E-state index in [2.05, 4.69) is 137 Å². The van der Waals surface area contributed by atoms with Gasteiger partial charge in [-0.1, -0.05) is 141 Å². The molecule has 0 saturated heterocycles. The number of aryl methyl sites for hydroxylation is 2. The van der Waals surface area contributed by atoms with Gasteiger partial charge in [-0.15, -0.1) is 93.9 Å². The first-order valence-electron chi connectivity index (χ1n) is 18.6. The third kappa shape index (κ3) is 12.4. The van der Waals surface area contributed by atoms with Gasteiger partial charge in [-0.05, 0) is 49.7 Å². The Morgan fingerprint density at radius 2 is 0.923 bits per heavy atom. The van der Waals surface area contributed by atoms with Gasteiger partial charge >= 0.3 is 30.2 Å². The molecule has 0 aliphatic heterocycles. The molecular weight excluding hydrogens is 767 g/mol. The van der Waals surface area contributed by atoms with Crippen molar-refractivity contribution in [1.29, 1.82) is 0 Å². The van der Waals surface area contributed by atoms with Gasteiger partial charge in [0, 0.05) is 0 Å². The van der Waals surface area contributed by atoms with Gasteiger partial charge in [0.2, 0.25) is 0 Å². The van der Waals surface area contributed by atoms with Crippen molar-refractivity contribution in [3.63, 3.8) is 0 Å².